The maximum atomic E-state index is 5.68. The lowest BCUT2D eigenvalue weighted by atomic mass is 10.1. The minimum absolute atomic E-state index is 0.513. The van der Waals surface area contributed by atoms with Crippen LogP contribution in [0.3, 0.4) is 0 Å². The average Bonchev–Trinajstić information content (AvgIpc) is 2.99. The fraction of sp³-hybridized carbons (Fsp3) is 0.500. The second-order valence-corrected chi connectivity index (χ2v) is 5.93. The Morgan fingerprint density at radius 2 is 2.26 bits per heavy atom. The van der Waals surface area contributed by atoms with Crippen LogP contribution in [0.25, 0.3) is 0 Å². The van der Waals surface area contributed by atoms with Gasteiger partial charge in [0.05, 0.1) is 0 Å². The van der Waals surface area contributed by atoms with E-state index in [1.165, 1.54) is 13.0 Å². The second-order valence-electron chi connectivity index (χ2n) is 5.93. The monoisotopic (exact) mass is 316 g/mol. The van der Waals surface area contributed by atoms with E-state index < -0.39 is 0 Å². The van der Waals surface area contributed by atoms with Crippen LogP contribution in [0.5, 0.6) is 5.75 Å². The second kappa shape index (κ2) is 9.20. The molecule has 5 nitrogen and oxygen atoms in total. The van der Waals surface area contributed by atoms with E-state index in [1.54, 1.807) is 13.1 Å². The van der Waals surface area contributed by atoms with Crippen LogP contribution in [-0.2, 0) is 6.54 Å². The number of likely N-dealkylation sites (tertiary alicyclic amines) is 1. The first-order valence-electron chi connectivity index (χ1n) is 8.17. The standard InChI is InChI=1S/C18H28N4O/c1-4-11-23-17-8-6-5-7-16(17)13-21-18(19-2)20-12-15-9-10-22(3)14-15/h4-8,15H,1,9-14H2,2-3H3,(H2,19,20,21). The van der Waals surface area contributed by atoms with Crippen molar-refractivity contribution in [1.82, 2.24) is 15.5 Å². The Labute approximate surface area is 139 Å². The van der Waals surface area contributed by atoms with E-state index in [0.717, 1.165) is 30.4 Å². The van der Waals surface area contributed by atoms with Gasteiger partial charge in [-0.3, -0.25) is 4.99 Å². The summed E-state index contributed by atoms with van der Waals surface area (Å²) in [6.45, 7) is 8.18. The van der Waals surface area contributed by atoms with Gasteiger partial charge in [0, 0.05) is 32.2 Å². The molecule has 0 amide bonds. The summed E-state index contributed by atoms with van der Waals surface area (Å²) in [4.78, 5) is 6.67. The Hall–Kier alpha value is -2.01. The van der Waals surface area contributed by atoms with E-state index in [4.69, 9.17) is 4.74 Å². The predicted octanol–water partition coefficient (Wildman–Crippen LogP) is 1.87. The number of ether oxygens (including phenoxy) is 1. The van der Waals surface area contributed by atoms with Gasteiger partial charge < -0.3 is 20.3 Å². The Morgan fingerprint density at radius 3 is 2.96 bits per heavy atom. The Balaban J connectivity index is 1.82. The maximum absolute atomic E-state index is 5.68. The molecule has 0 aliphatic carbocycles. The SMILES string of the molecule is C=CCOc1ccccc1CNC(=NC)NCC1CCN(C)C1. The number of rotatable bonds is 7. The fourth-order valence-electron chi connectivity index (χ4n) is 2.77. The highest BCUT2D eigenvalue weighted by Gasteiger charge is 2.19. The van der Waals surface area contributed by atoms with Crippen LogP contribution in [-0.4, -0.2) is 51.2 Å². The predicted molar refractivity (Wildman–Crippen MR) is 95.9 cm³/mol. The number of hydrogen-bond donors (Lipinski definition) is 2. The topological polar surface area (TPSA) is 48.9 Å². The van der Waals surface area contributed by atoms with Gasteiger partial charge in [-0.15, -0.1) is 0 Å². The van der Waals surface area contributed by atoms with Gasteiger partial charge in [0.15, 0.2) is 5.96 Å². The van der Waals surface area contributed by atoms with Gasteiger partial charge >= 0.3 is 0 Å². The third kappa shape index (κ3) is 5.60. The molecule has 1 atom stereocenters. The smallest absolute Gasteiger partial charge is 0.191 e. The number of hydrogen-bond acceptors (Lipinski definition) is 3. The van der Waals surface area contributed by atoms with E-state index in [9.17, 15) is 0 Å². The first-order valence-corrected chi connectivity index (χ1v) is 8.17. The molecule has 1 heterocycles. The van der Waals surface area contributed by atoms with Gasteiger partial charge in [-0.05, 0) is 32.0 Å². The summed E-state index contributed by atoms with van der Waals surface area (Å²) in [5.74, 6) is 2.41. The van der Waals surface area contributed by atoms with E-state index in [0.29, 0.717) is 19.1 Å². The summed E-state index contributed by atoms with van der Waals surface area (Å²) >= 11 is 0. The third-order valence-electron chi connectivity index (χ3n) is 4.05. The quantitative estimate of drug-likeness (QED) is 0.458. The van der Waals surface area contributed by atoms with E-state index in [-0.39, 0.29) is 0 Å². The van der Waals surface area contributed by atoms with Crippen molar-refractivity contribution < 1.29 is 4.74 Å². The average molecular weight is 316 g/mol. The molecule has 2 N–H and O–H groups in total. The highest BCUT2D eigenvalue weighted by molar-refractivity contribution is 5.79. The van der Waals surface area contributed by atoms with Crippen molar-refractivity contribution in [2.75, 3.05) is 40.3 Å². The summed E-state index contributed by atoms with van der Waals surface area (Å²) in [6.07, 6.45) is 3.00. The molecule has 1 fully saturated rings. The zero-order valence-corrected chi connectivity index (χ0v) is 14.2. The molecule has 0 saturated carbocycles. The van der Waals surface area contributed by atoms with E-state index in [1.807, 2.05) is 18.2 Å². The number of nitrogens with one attached hydrogen (secondary N) is 2. The highest BCUT2D eigenvalue weighted by Crippen LogP contribution is 2.17. The number of nitrogens with zero attached hydrogens (tertiary/aromatic N) is 2. The first kappa shape index (κ1) is 17.3. The lowest BCUT2D eigenvalue weighted by Gasteiger charge is -2.16. The normalized spacial score (nSPS) is 18.7. The van der Waals surface area contributed by atoms with Gasteiger partial charge in [0.25, 0.3) is 0 Å². The zero-order valence-electron chi connectivity index (χ0n) is 14.2. The van der Waals surface area contributed by atoms with Crippen molar-refractivity contribution >= 4 is 5.96 Å². The summed E-state index contributed by atoms with van der Waals surface area (Å²) in [7, 11) is 3.98. The van der Waals surface area contributed by atoms with Crippen LogP contribution < -0.4 is 15.4 Å². The maximum Gasteiger partial charge on any atom is 0.191 e. The van der Waals surface area contributed by atoms with Crippen LogP contribution >= 0.6 is 0 Å². The number of para-hydroxylation sites is 1. The molecule has 1 saturated heterocycles. The van der Waals surface area contributed by atoms with Crippen molar-refractivity contribution in [2.24, 2.45) is 10.9 Å². The fourth-order valence-corrected chi connectivity index (χ4v) is 2.77. The van der Waals surface area contributed by atoms with Crippen molar-refractivity contribution in [2.45, 2.75) is 13.0 Å². The van der Waals surface area contributed by atoms with Gasteiger partial charge in [-0.2, -0.15) is 0 Å². The molecule has 0 aromatic heterocycles. The summed E-state index contributed by atoms with van der Waals surface area (Å²) < 4.78 is 5.68. The van der Waals surface area contributed by atoms with Crippen LogP contribution in [0.4, 0.5) is 0 Å². The summed E-state index contributed by atoms with van der Waals surface area (Å²) in [5, 5.41) is 6.78. The molecule has 0 spiro atoms. The third-order valence-corrected chi connectivity index (χ3v) is 4.05. The molecule has 23 heavy (non-hydrogen) atoms. The molecule has 0 bridgehead atoms. The number of guanidine groups is 1. The van der Waals surface area contributed by atoms with Gasteiger partial charge in [0.1, 0.15) is 12.4 Å². The molecule has 2 rings (SSSR count). The van der Waals surface area contributed by atoms with Crippen molar-refractivity contribution in [3.05, 3.63) is 42.5 Å². The lowest BCUT2D eigenvalue weighted by molar-refractivity contribution is 0.358. The number of benzene rings is 1. The Morgan fingerprint density at radius 1 is 1.43 bits per heavy atom. The minimum Gasteiger partial charge on any atom is -0.489 e. The minimum atomic E-state index is 0.513. The number of aliphatic imine (C=N–C) groups is 1. The van der Waals surface area contributed by atoms with Crippen LogP contribution in [0.1, 0.15) is 12.0 Å². The van der Waals surface area contributed by atoms with Crippen LogP contribution in [0, 0.1) is 5.92 Å². The molecule has 1 aromatic carbocycles. The van der Waals surface area contributed by atoms with Gasteiger partial charge in [-0.1, -0.05) is 30.9 Å². The zero-order chi connectivity index (χ0) is 16.5. The largest absolute Gasteiger partial charge is 0.489 e. The molecule has 1 aliphatic rings. The summed E-state index contributed by atoms with van der Waals surface area (Å²) in [5.41, 5.74) is 1.11. The van der Waals surface area contributed by atoms with Gasteiger partial charge in [0.2, 0.25) is 0 Å². The molecule has 126 valence electrons. The van der Waals surface area contributed by atoms with Crippen LogP contribution in [0.2, 0.25) is 0 Å². The van der Waals surface area contributed by atoms with E-state index >= 15 is 0 Å². The molecule has 1 unspecified atom stereocenters. The van der Waals surface area contributed by atoms with Crippen molar-refractivity contribution in [3.8, 4) is 5.75 Å². The molecule has 1 aromatic rings. The Kier molecular flexibility index (Phi) is 6.94. The highest BCUT2D eigenvalue weighted by atomic mass is 16.5. The molecule has 0 radical (unpaired) electrons. The van der Waals surface area contributed by atoms with Crippen molar-refractivity contribution in [1.29, 1.82) is 0 Å². The van der Waals surface area contributed by atoms with Gasteiger partial charge in [-0.25, -0.2) is 0 Å². The molecule has 5 heteroatoms. The molecule has 1 aliphatic heterocycles. The Bertz CT molecular complexity index is 530. The van der Waals surface area contributed by atoms with E-state index in [2.05, 4.69) is 40.2 Å². The lowest BCUT2D eigenvalue weighted by Crippen LogP contribution is -2.39. The summed E-state index contributed by atoms with van der Waals surface area (Å²) in [6, 6.07) is 8.03. The molecular weight excluding hydrogens is 288 g/mol. The first-order chi connectivity index (χ1) is 11.2. The van der Waals surface area contributed by atoms with Crippen LogP contribution in [0.15, 0.2) is 41.9 Å². The molecular formula is C18H28N4O. The van der Waals surface area contributed by atoms with Crippen molar-refractivity contribution in [3.63, 3.8) is 0 Å².